The predicted molar refractivity (Wildman–Crippen MR) is 80.7 cm³/mol. The molecule has 1 aromatic heterocycles. The summed E-state index contributed by atoms with van der Waals surface area (Å²) in [7, 11) is 0. The van der Waals surface area contributed by atoms with Gasteiger partial charge in [-0.15, -0.1) is 0 Å². The van der Waals surface area contributed by atoms with Gasteiger partial charge in [0.05, 0.1) is 0 Å². The quantitative estimate of drug-likeness (QED) is 0.564. The van der Waals surface area contributed by atoms with E-state index in [1.54, 1.807) is 0 Å². The molecule has 1 aliphatic heterocycles. The molecule has 2 rings (SSSR count). The van der Waals surface area contributed by atoms with Gasteiger partial charge in [0.2, 0.25) is 0 Å². The predicted octanol–water partition coefficient (Wildman–Crippen LogP) is 2.00. The molecule has 0 aliphatic carbocycles. The Hall–Kier alpha value is -1.40. The first kappa shape index (κ1) is 15.0. The standard InChI is InChI=1S/C14H25N5O/c1-4-5-11-16-12(10(2)13(17-11)19-15)18-14(3)6-8-20-9-7-14/h4-9,15H2,1-3H3,(H2,16,17,18,19). The van der Waals surface area contributed by atoms with Crippen LogP contribution in [-0.2, 0) is 11.2 Å². The maximum absolute atomic E-state index is 5.56. The lowest BCUT2D eigenvalue weighted by Gasteiger charge is -2.35. The molecule has 1 fully saturated rings. The van der Waals surface area contributed by atoms with Crippen molar-refractivity contribution in [2.45, 2.75) is 52.0 Å². The number of hydrogen-bond acceptors (Lipinski definition) is 6. The van der Waals surface area contributed by atoms with Gasteiger partial charge in [-0.05, 0) is 33.1 Å². The Labute approximate surface area is 120 Å². The molecule has 0 spiro atoms. The average Bonchev–Trinajstić information content (AvgIpc) is 2.43. The van der Waals surface area contributed by atoms with Crippen LogP contribution in [0.15, 0.2) is 0 Å². The Bertz CT molecular complexity index is 457. The van der Waals surface area contributed by atoms with Crippen LogP contribution in [0, 0.1) is 6.92 Å². The van der Waals surface area contributed by atoms with Gasteiger partial charge in [-0.2, -0.15) is 0 Å². The number of aryl methyl sites for hydroxylation is 1. The van der Waals surface area contributed by atoms with Crippen LogP contribution in [0.2, 0.25) is 0 Å². The molecule has 20 heavy (non-hydrogen) atoms. The number of nitrogens with zero attached hydrogens (tertiary/aromatic N) is 2. The minimum atomic E-state index is 0.0206. The Morgan fingerprint density at radius 3 is 2.50 bits per heavy atom. The molecule has 4 N–H and O–H groups in total. The Morgan fingerprint density at radius 2 is 1.90 bits per heavy atom. The summed E-state index contributed by atoms with van der Waals surface area (Å²) >= 11 is 0. The van der Waals surface area contributed by atoms with Crippen LogP contribution in [0.4, 0.5) is 11.6 Å². The van der Waals surface area contributed by atoms with Gasteiger partial charge >= 0.3 is 0 Å². The summed E-state index contributed by atoms with van der Waals surface area (Å²) < 4.78 is 5.43. The third-order valence-corrected chi connectivity index (χ3v) is 3.82. The first-order valence-corrected chi connectivity index (χ1v) is 7.28. The number of rotatable bonds is 5. The molecule has 6 heteroatoms. The minimum absolute atomic E-state index is 0.0206. The molecule has 0 radical (unpaired) electrons. The highest BCUT2D eigenvalue weighted by atomic mass is 16.5. The van der Waals surface area contributed by atoms with E-state index in [4.69, 9.17) is 10.6 Å². The maximum atomic E-state index is 5.56. The molecule has 0 aromatic carbocycles. The Balaban J connectivity index is 2.26. The van der Waals surface area contributed by atoms with Gasteiger partial charge in [0.1, 0.15) is 17.5 Å². The van der Waals surface area contributed by atoms with E-state index >= 15 is 0 Å². The number of aromatic nitrogens is 2. The summed E-state index contributed by atoms with van der Waals surface area (Å²) in [5.41, 5.74) is 3.65. The van der Waals surface area contributed by atoms with Crippen molar-refractivity contribution in [2.24, 2.45) is 5.84 Å². The fourth-order valence-electron chi connectivity index (χ4n) is 2.39. The molecule has 2 heterocycles. The van der Waals surface area contributed by atoms with Crippen molar-refractivity contribution in [2.75, 3.05) is 24.0 Å². The van der Waals surface area contributed by atoms with Gasteiger partial charge in [-0.3, -0.25) is 0 Å². The summed E-state index contributed by atoms with van der Waals surface area (Å²) in [5.74, 6) is 7.96. The molecule has 6 nitrogen and oxygen atoms in total. The van der Waals surface area contributed by atoms with Gasteiger partial charge < -0.3 is 15.5 Å². The molecule has 0 unspecified atom stereocenters. The molecule has 0 saturated carbocycles. The van der Waals surface area contributed by atoms with Crippen molar-refractivity contribution < 1.29 is 4.74 Å². The number of hydrogen-bond donors (Lipinski definition) is 3. The van der Waals surface area contributed by atoms with E-state index in [9.17, 15) is 0 Å². The summed E-state index contributed by atoms with van der Waals surface area (Å²) in [5, 5.41) is 3.57. The van der Waals surface area contributed by atoms with Gasteiger partial charge in [-0.1, -0.05) is 6.92 Å². The molecule has 112 valence electrons. The molecular formula is C14H25N5O. The third kappa shape index (κ3) is 3.37. The number of anilines is 2. The number of nitrogens with one attached hydrogen (secondary N) is 2. The number of ether oxygens (including phenoxy) is 1. The van der Waals surface area contributed by atoms with Crippen LogP contribution in [0.3, 0.4) is 0 Å². The molecule has 0 amide bonds. The van der Waals surface area contributed by atoms with E-state index in [2.05, 4.69) is 34.6 Å². The van der Waals surface area contributed by atoms with Gasteiger partial charge in [0.15, 0.2) is 0 Å². The average molecular weight is 279 g/mol. The first-order valence-electron chi connectivity index (χ1n) is 7.28. The van der Waals surface area contributed by atoms with E-state index in [1.165, 1.54) is 0 Å². The second-order valence-corrected chi connectivity index (χ2v) is 5.65. The summed E-state index contributed by atoms with van der Waals surface area (Å²) in [6.45, 7) is 7.89. The van der Waals surface area contributed by atoms with Crippen LogP contribution in [0.25, 0.3) is 0 Å². The van der Waals surface area contributed by atoms with E-state index in [0.29, 0.717) is 5.82 Å². The first-order chi connectivity index (χ1) is 9.58. The van der Waals surface area contributed by atoms with E-state index in [-0.39, 0.29) is 5.54 Å². The Kier molecular flexibility index (Phi) is 4.77. The zero-order valence-corrected chi connectivity index (χ0v) is 12.6. The lowest BCUT2D eigenvalue weighted by molar-refractivity contribution is 0.0657. The van der Waals surface area contributed by atoms with Crippen molar-refractivity contribution in [3.8, 4) is 0 Å². The molecule has 1 saturated heterocycles. The molecular weight excluding hydrogens is 254 g/mol. The summed E-state index contributed by atoms with van der Waals surface area (Å²) in [6, 6.07) is 0. The number of nitrogen functional groups attached to an aromatic ring is 1. The van der Waals surface area contributed by atoms with Gasteiger partial charge in [0, 0.05) is 30.7 Å². The fraction of sp³-hybridized carbons (Fsp3) is 0.714. The molecule has 1 aliphatic rings. The highest BCUT2D eigenvalue weighted by Crippen LogP contribution is 2.28. The SMILES string of the molecule is CCCc1nc(NN)c(C)c(NC2(C)CCOCC2)n1. The normalized spacial score (nSPS) is 17.8. The lowest BCUT2D eigenvalue weighted by Crippen LogP contribution is -2.41. The van der Waals surface area contributed by atoms with Gasteiger partial charge in [0.25, 0.3) is 0 Å². The van der Waals surface area contributed by atoms with Gasteiger partial charge in [-0.25, -0.2) is 15.8 Å². The van der Waals surface area contributed by atoms with Crippen LogP contribution in [-0.4, -0.2) is 28.7 Å². The largest absolute Gasteiger partial charge is 0.381 e. The van der Waals surface area contributed by atoms with Crippen LogP contribution < -0.4 is 16.6 Å². The maximum Gasteiger partial charge on any atom is 0.148 e. The Morgan fingerprint density at radius 1 is 1.25 bits per heavy atom. The topological polar surface area (TPSA) is 85.1 Å². The van der Waals surface area contributed by atoms with E-state index in [1.807, 2.05) is 6.92 Å². The van der Waals surface area contributed by atoms with Crippen LogP contribution in [0.5, 0.6) is 0 Å². The monoisotopic (exact) mass is 279 g/mol. The lowest BCUT2D eigenvalue weighted by atomic mass is 9.92. The number of nitrogens with two attached hydrogens (primary N) is 1. The van der Waals surface area contributed by atoms with Crippen molar-refractivity contribution in [1.29, 1.82) is 0 Å². The third-order valence-electron chi connectivity index (χ3n) is 3.82. The second kappa shape index (κ2) is 6.37. The van der Waals surface area contributed by atoms with E-state index in [0.717, 1.165) is 56.1 Å². The molecule has 1 aromatic rings. The summed E-state index contributed by atoms with van der Waals surface area (Å²) in [6.07, 6.45) is 3.82. The van der Waals surface area contributed by atoms with Crippen LogP contribution >= 0.6 is 0 Å². The highest BCUT2D eigenvalue weighted by molar-refractivity contribution is 5.57. The highest BCUT2D eigenvalue weighted by Gasteiger charge is 2.28. The van der Waals surface area contributed by atoms with Crippen molar-refractivity contribution in [3.05, 3.63) is 11.4 Å². The fourth-order valence-corrected chi connectivity index (χ4v) is 2.39. The van der Waals surface area contributed by atoms with Crippen LogP contribution in [0.1, 0.15) is 44.5 Å². The van der Waals surface area contributed by atoms with Crippen molar-refractivity contribution in [3.63, 3.8) is 0 Å². The molecule has 0 atom stereocenters. The van der Waals surface area contributed by atoms with Crippen molar-refractivity contribution >= 4 is 11.6 Å². The van der Waals surface area contributed by atoms with E-state index < -0.39 is 0 Å². The smallest absolute Gasteiger partial charge is 0.148 e. The zero-order chi connectivity index (χ0) is 14.6. The zero-order valence-electron chi connectivity index (χ0n) is 12.6. The number of hydrazine groups is 1. The summed E-state index contributed by atoms with van der Waals surface area (Å²) in [4.78, 5) is 9.10. The second-order valence-electron chi connectivity index (χ2n) is 5.65. The molecule has 0 bridgehead atoms. The van der Waals surface area contributed by atoms with Crippen molar-refractivity contribution in [1.82, 2.24) is 9.97 Å². The minimum Gasteiger partial charge on any atom is -0.381 e.